The van der Waals surface area contributed by atoms with Gasteiger partial charge in [-0.3, -0.25) is 9.59 Å². The summed E-state index contributed by atoms with van der Waals surface area (Å²) in [5.41, 5.74) is 1.15. The van der Waals surface area contributed by atoms with Gasteiger partial charge in [-0.1, -0.05) is 60.7 Å². The molecular weight excluding hydrogens is 416 g/mol. The van der Waals surface area contributed by atoms with Crippen molar-refractivity contribution in [3.05, 3.63) is 34.9 Å². The average molecular weight is 439 g/mol. The Morgan fingerprint density at radius 2 is 1.93 bits per heavy atom. The SMILES string of the molecule is CC(C)C(=O)N1CCC(C(=O)Nc2nnc(SCc3ccc(Cl)cc3)s2)CC1. The van der Waals surface area contributed by atoms with E-state index in [-0.39, 0.29) is 23.7 Å². The van der Waals surface area contributed by atoms with Crippen molar-refractivity contribution in [2.24, 2.45) is 11.8 Å². The summed E-state index contributed by atoms with van der Waals surface area (Å²) in [6, 6.07) is 7.69. The Hall–Kier alpha value is -1.64. The highest BCUT2D eigenvalue weighted by Gasteiger charge is 2.28. The monoisotopic (exact) mass is 438 g/mol. The predicted molar refractivity (Wildman–Crippen MR) is 114 cm³/mol. The van der Waals surface area contributed by atoms with E-state index in [1.807, 2.05) is 43.0 Å². The van der Waals surface area contributed by atoms with Crippen molar-refractivity contribution < 1.29 is 9.59 Å². The van der Waals surface area contributed by atoms with Gasteiger partial charge in [-0.15, -0.1) is 10.2 Å². The first-order valence-electron chi connectivity index (χ1n) is 9.23. The molecule has 6 nitrogen and oxygen atoms in total. The summed E-state index contributed by atoms with van der Waals surface area (Å²) in [4.78, 5) is 26.4. The van der Waals surface area contributed by atoms with Gasteiger partial charge in [0.15, 0.2) is 4.34 Å². The molecule has 150 valence electrons. The lowest BCUT2D eigenvalue weighted by Gasteiger charge is -2.32. The minimum Gasteiger partial charge on any atom is -0.342 e. The van der Waals surface area contributed by atoms with E-state index in [9.17, 15) is 9.59 Å². The molecule has 1 saturated heterocycles. The largest absolute Gasteiger partial charge is 0.342 e. The number of likely N-dealkylation sites (tertiary alicyclic amines) is 1. The van der Waals surface area contributed by atoms with Gasteiger partial charge in [0.25, 0.3) is 0 Å². The van der Waals surface area contributed by atoms with Crippen LogP contribution in [0.3, 0.4) is 0 Å². The lowest BCUT2D eigenvalue weighted by atomic mass is 9.95. The Morgan fingerprint density at radius 1 is 1.25 bits per heavy atom. The predicted octanol–water partition coefficient (Wildman–Crippen LogP) is 4.32. The first kappa shape index (κ1) is 21.1. The third-order valence-corrected chi connectivity index (χ3v) is 6.88. The second-order valence-corrected chi connectivity index (χ2v) is 9.67. The van der Waals surface area contributed by atoms with E-state index in [1.54, 1.807) is 11.8 Å². The van der Waals surface area contributed by atoms with Crippen molar-refractivity contribution in [3.63, 3.8) is 0 Å². The van der Waals surface area contributed by atoms with E-state index in [1.165, 1.54) is 11.3 Å². The number of rotatable bonds is 6. The van der Waals surface area contributed by atoms with Crippen LogP contribution in [0.4, 0.5) is 5.13 Å². The zero-order valence-corrected chi connectivity index (χ0v) is 18.2. The van der Waals surface area contributed by atoms with E-state index in [2.05, 4.69) is 15.5 Å². The number of thioether (sulfide) groups is 1. The summed E-state index contributed by atoms with van der Waals surface area (Å²) in [5, 5.41) is 12.3. The van der Waals surface area contributed by atoms with Crippen LogP contribution >= 0.6 is 34.7 Å². The molecule has 1 fully saturated rings. The lowest BCUT2D eigenvalue weighted by molar-refractivity contribution is -0.137. The number of hydrogen-bond acceptors (Lipinski definition) is 6. The molecule has 1 aliphatic heterocycles. The van der Waals surface area contributed by atoms with Crippen LogP contribution in [-0.4, -0.2) is 40.0 Å². The number of benzene rings is 1. The van der Waals surface area contributed by atoms with Gasteiger partial charge in [-0.2, -0.15) is 0 Å². The molecule has 1 aliphatic rings. The molecule has 0 bridgehead atoms. The summed E-state index contributed by atoms with van der Waals surface area (Å²) in [6.07, 6.45) is 1.36. The molecule has 2 amide bonds. The van der Waals surface area contributed by atoms with Crippen LogP contribution < -0.4 is 5.32 Å². The normalized spacial score (nSPS) is 15.1. The van der Waals surface area contributed by atoms with Crippen LogP contribution in [0, 0.1) is 11.8 Å². The Morgan fingerprint density at radius 3 is 2.57 bits per heavy atom. The van der Waals surface area contributed by atoms with Crippen molar-refractivity contribution in [2.75, 3.05) is 18.4 Å². The molecule has 1 aromatic carbocycles. The molecule has 1 aromatic heterocycles. The summed E-state index contributed by atoms with van der Waals surface area (Å²) in [6.45, 7) is 5.07. The van der Waals surface area contributed by atoms with Gasteiger partial charge in [-0.05, 0) is 30.5 Å². The van der Waals surface area contributed by atoms with Crippen LogP contribution in [0.25, 0.3) is 0 Å². The number of piperidine rings is 1. The van der Waals surface area contributed by atoms with Crippen LogP contribution in [0.1, 0.15) is 32.3 Å². The molecule has 0 radical (unpaired) electrons. The fraction of sp³-hybridized carbons (Fsp3) is 0.474. The quantitative estimate of drug-likeness (QED) is 0.537. The highest BCUT2D eigenvalue weighted by atomic mass is 35.5. The Labute approximate surface area is 178 Å². The number of amides is 2. The van der Waals surface area contributed by atoms with Gasteiger partial charge in [0.1, 0.15) is 0 Å². The second-order valence-electron chi connectivity index (χ2n) is 7.03. The number of carbonyl (C=O) groups excluding carboxylic acids is 2. The van der Waals surface area contributed by atoms with E-state index < -0.39 is 0 Å². The molecule has 9 heteroatoms. The van der Waals surface area contributed by atoms with Crippen LogP contribution in [0.15, 0.2) is 28.6 Å². The van der Waals surface area contributed by atoms with Crippen molar-refractivity contribution in [1.82, 2.24) is 15.1 Å². The van der Waals surface area contributed by atoms with Gasteiger partial charge >= 0.3 is 0 Å². The molecule has 0 saturated carbocycles. The maximum Gasteiger partial charge on any atom is 0.229 e. The summed E-state index contributed by atoms with van der Waals surface area (Å²) >= 11 is 8.85. The molecule has 28 heavy (non-hydrogen) atoms. The summed E-state index contributed by atoms with van der Waals surface area (Å²) in [7, 11) is 0. The maximum absolute atomic E-state index is 12.5. The highest BCUT2D eigenvalue weighted by Crippen LogP contribution is 2.29. The number of halogens is 1. The Balaban J connectivity index is 1.46. The van der Waals surface area contributed by atoms with Gasteiger partial charge in [0.05, 0.1) is 0 Å². The summed E-state index contributed by atoms with van der Waals surface area (Å²) < 4.78 is 0.808. The van der Waals surface area contributed by atoms with E-state index in [4.69, 9.17) is 11.6 Å². The molecule has 3 rings (SSSR count). The zero-order chi connectivity index (χ0) is 20.1. The van der Waals surface area contributed by atoms with Gasteiger partial charge < -0.3 is 10.2 Å². The molecule has 0 atom stereocenters. The topological polar surface area (TPSA) is 75.2 Å². The van der Waals surface area contributed by atoms with Crippen molar-refractivity contribution >= 4 is 51.6 Å². The number of hydrogen-bond donors (Lipinski definition) is 1. The maximum atomic E-state index is 12.5. The smallest absolute Gasteiger partial charge is 0.229 e. The van der Waals surface area contributed by atoms with Gasteiger partial charge in [-0.25, -0.2) is 0 Å². The number of aromatic nitrogens is 2. The highest BCUT2D eigenvalue weighted by molar-refractivity contribution is 8.00. The minimum absolute atomic E-state index is 0.00411. The molecule has 0 aliphatic carbocycles. The Bertz CT molecular complexity index is 818. The third kappa shape index (κ3) is 5.68. The van der Waals surface area contributed by atoms with E-state index in [0.29, 0.717) is 36.1 Å². The second kappa shape index (κ2) is 9.71. The standard InChI is InChI=1S/C19H23ClN4O2S2/c1-12(2)17(26)24-9-7-14(8-10-24)16(25)21-18-22-23-19(28-18)27-11-13-3-5-15(20)6-4-13/h3-6,12,14H,7-11H2,1-2H3,(H,21,22,25). The Kier molecular flexibility index (Phi) is 7.31. The van der Waals surface area contributed by atoms with Gasteiger partial charge in [0, 0.05) is 35.7 Å². The first-order valence-corrected chi connectivity index (χ1v) is 11.4. The van der Waals surface area contributed by atoms with Crippen LogP contribution in [-0.2, 0) is 15.3 Å². The fourth-order valence-corrected chi connectivity index (χ4v) is 4.82. The lowest BCUT2D eigenvalue weighted by Crippen LogP contribution is -2.43. The number of nitrogens with one attached hydrogen (secondary N) is 1. The molecular formula is C19H23ClN4O2S2. The van der Waals surface area contributed by atoms with E-state index >= 15 is 0 Å². The molecule has 0 spiro atoms. The van der Waals surface area contributed by atoms with Crippen molar-refractivity contribution in [2.45, 2.75) is 36.8 Å². The number of nitrogens with zero attached hydrogens (tertiary/aromatic N) is 3. The first-order chi connectivity index (χ1) is 13.4. The zero-order valence-electron chi connectivity index (χ0n) is 15.9. The van der Waals surface area contributed by atoms with Crippen LogP contribution in [0.5, 0.6) is 0 Å². The molecule has 0 unspecified atom stereocenters. The number of anilines is 1. The average Bonchev–Trinajstić information content (AvgIpc) is 3.14. The summed E-state index contributed by atoms with van der Waals surface area (Å²) in [5.74, 6) is 0.787. The van der Waals surface area contributed by atoms with Crippen LogP contribution in [0.2, 0.25) is 5.02 Å². The van der Waals surface area contributed by atoms with Gasteiger partial charge in [0.2, 0.25) is 16.9 Å². The van der Waals surface area contributed by atoms with Crippen molar-refractivity contribution in [1.29, 1.82) is 0 Å². The molecule has 2 heterocycles. The van der Waals surface area contributed by atoms with Crippen molar-refractivity contribution in [3.8, 4) is 0 Å². The minimum atomic E-state index is -0.0923. The third-order valence-electron chi connectivity index (χ3n) is 4.58. The number of carbonyl (C=O) groups is 2. The fourth-order valence-electron chi connectivity index (χ4n) is 2.98. The van der Waals surface area contributed by atoms with E-state index in [0.717, 1.165) is 15.7 Å². The molecule has 1 N–H and O–H groups in total. The molecule has 2 aromatic rings.